The Balaban J connectivity index is 1.90. The van der Waals surface area contributed by atoms with E-state index in [-0.39, 0.29) is 5.91 Å². The van der Waals surface area contributed by atoms with Gasteiger partial charge in [0.25, 0.3) is 5.91 Å². The largest absolute Gasteiger partial charge is 0.337 e. The third-order valence-corrected chi connectivity index (χ3v) is 4.27. The van der Waals surface area contributed by atoms with Crippen LogP contribution in [0.1, 0.15) is 23.0 Å². The molecule has 1 amide bonds. The van der Waals surface area contributed by atoms with Gasteiger partial charge in [-0.2, -0.15) is 5.10 Å². The van der Waals surface area contributed by atoms with Crippen LogP contribution < -0.4 is 0 Å². The fraction of sp³-hybridized carbons (Fsp3) is 0.250. The van der Waals surface area contributed by atoms with Crippen LogP contribution >= 0.6 is 0 Å². The molecule has 0 spiro atoms. The summed E-state index contributed by atoms with van der Waals surface area (Å²) in [7, 11) is 0. The van der Waals surface area contributed by atoms with Gasteiger partial charge >= 0.3 is 0 Å². The number of aryl methyl sites for hydroxylation is 1. The van der Waals surface area contributed by atoms with Crippen LogP contribution in [0.4, 0.5) is 0 Å². The minimum atomic E-state index is 0.0131. The average molecular weight is 334 g/mol. The van der Waals surface area contributed by atoms with Gasteiger partial charge in [0, 0.05) is 31.7 Å². The number of nitrogens with zero attached hydrogens (tertiary/aromatic N) is 4. The van der Waals surface area contributed by atoms with E-state index in [4.69, 9.17) is 0 Å². The molecule has 1 aromatic carbocycles. The molecule has 5 heteroatoms. The molecule has 0 fully saturated rings. The molecule has 3 aromatic rings. The van der Waals surface area contributed by atoms with Gasteiger partial charge in [0.1, 0.15) is 0 Å². The summed E-state index contributed by atoms with van der Waals surface area (Å²) in [4.78, 5) is 19.4. The van der Waals surface area contributed by atoms with Crippen molar-refractivity contribution in [1.29, 1.82) is 0 Å². The summed E-state index contributed by atoms with van der Waals surface area (Å²) >= 11 is 0. The number of hydrogen-bond acceptors (Lipinski definition) is 3. The lowest BCUT2D eigenvalue weighted by molar-refractivity contribution is 0.0757. The predicted octanol–water partition coefficient (Wildman–Crippen LogP) is 3.42. The zero-order chi connectivity index (χ0) is 17.6. The molecule has 5 nitrogen and oxygen atoms in total. The van der Waals surface area contributed by atoms with Crippen molar-refractivity contribution in [3.8, 4) is 11.1 Å². The van der Waals surface area contributed by atoms with Crippen LogP contribution in [0.15, 0.2) is 61.1 Å². The molecule has 0 saturated heterocycles. The smallest absolute Gasteiger partial charge is 0.256 e. The van der Waals surface area contributed by atoms with Gasteiger partial charge < -0.3 is 4.90 Å². The van der Waals surface area contributed by atoms with Crippen LogP contribution in [0.5, 0.6) is 0 Å². The van der Waals surface area contributed by atoms with Crippen LogP contribution in [0, 0.1) is 6.92 Å². The van der Waals surface area contributed by atoms with Gasteiger partial charge in [0.2, 0.25) is 0 Å². The van der Waals surface area contributed by atoms with Crippen molar-refractivity contribution in [2.75, 3.05) is 13.1 Å². The zero-order valence-corrected chi connectivity index (χ0v) is 14.6. The van der Waals surface area contributed by atoms with E-state index >= 15 is 0 Å². The number of pyridine rings is 1. The highest BCUT2D eigenvalue weighted by atomic mass is 16.2. The fourth-order valence-electron chi connectivity index (χ4n) is 2.91. The molecule has 0 aliphatic rings. The van der Waals surface area contributed by atoms with Gasteiger partial charge in [-0.1, -0.05) is 30.3 Å². The van der Waals surface area contributed by atoms with E-state index in [1.807, 2.05) is 72.1 Å². The monoisotopic (exact) mass is 334 g/mol. The van der Waals surface area contributed by atoms with Crippen molar-refractivity contribution in [3.05, 3.63) is 72.3 Å². The first-order valence-corrected chi connectivity index (χ1v) is 8.48. The van der Waals surface area contributed by atoms with Crippen LogP contribution in [0.2, 0.25) is 0 Å². The minimum Gasteiger partial charge on any atom is -0.337 e. The highest BCUT2D eigenvalue weighted by Gasteiger charge is 2.21. The standard InChI is InChI=1S/C20H22N4O/c1-3-23(14-15-24-13-7-11-22-24)20(25)19-16(2)21-12-10-18(19)17-8-5-4-6-9-17/h4-13H,3,14-15H2,1-2H3. The van der Waals surface area contributed by atoms with Crippen molar-refractivity contribution in [2.45, 2.75) is 20.4 Å². The van der Waals surface area contributed by atoms with Crippen molar-refractivity contribution in [3.63, 3.8) is 0 Å². The lowest BCUT2D eigenvalue weighted by Gasteiger charge is -2.23. The van der Waals surface area contributed by atoms with Gasteiger partial charge in [-0.15, -0.1) is 0 Å². The SMILES string of the molecule is CCN(CCn1cccn1)C(=O)c1c(-c2ccccc2)ccnc1C. The Morgan fingerprint density at radius 2 is 1.92 bits per heavy atom. The molecule has 3 rings (SSSR count). The normalized spacial score (nSPS) is 10.6. The Hall–Kier alpha value is -2.95. The van der Waals surface area contributed by atoms with Crippen LogP contribution in [0.3, 0.4) is 0 Å². The topological polar surface area (TPSA) is 51.0 Å². The van der Waals surface area contributed by atoms with E-state index in [1.165, 1.54) is 0 Å². The molecular formula is C20H22N4O. The third kappa shape index (κ3) is 3.76. The maximum atomic E-state index is 13.2. The highest BCUT2D eigenvalue weighted by molar-refractivity contribution is 6.01. The zero-order valence-electron chi connectivity index (χ0n) is 14.6. The Bertz CT molecular complexity index is 828. The van der Waals surface area contributed by atoms with Crippen LogP contribution in [-0.2, 0) is 6.54 Å². The average Bonchev–Trinajstić information content (AvgIpc) is 3.16. The van der Waals surface area contributed by atoms with Gasteiger partial charge in [-0.05, 0) is 37.1 Å². The van der Waals surface area contributed by atoms with Crippen molar-refractivity contribution in [2.24, 2.45) is 0 Å². The number of amides is 1. The van der Waals surface area contributed by atoms with E-state index in [2.05, 4.69) is 10.1 Å². The number of rotatable bonds is 6. The van der Waals surface area contributed by atoms with Crippen molar-refractivity contribution in [1.82, 2.24) is 19.7 Å². The van der Waals surface area contributed by atoms with Crippen LogP contribution in [-0.4, -0.2) is 38.7 Å². The summed E-state index contributed by atoms with van der Waals surface area (Å²) in [6.45, 7) is 5.81. The minimum absolute atomic E-state index is 0.0131. The van der Waals surface area contributed by atoms with Gasteiger partial charge in [-0.25, -0.2) is 0 Å². The van der Waals surface area contributed by atoms with E-state index in [1.54, 1.807) is 12.4 Å². The molecular weight excluding hydrogens is 312 g/mol. The highest BCUT2D eigenvalue weighted by Crippen LogP contribution is 2.26. The molecule has 0 unspecified atom stereocenters. The Morgan fingerprint density at radius 1 is 1.12 bits per heavy atom. The fourth-order valence-corrected chi connectivity index (χ4v) is 2.91. The summed E-state index contributed by atoms with van der Waals surface area (Å²) in [5.41, 5.74) is 3.38. The molecule has 0 radical (unpaired) electrons. The number of aromatic nitrogens is 3. The first kappa shape index (κ1) is 16.9. The summed E-state index contributed by atoms with van der Waals surface area (Å²) in [6.07, 6.45) is 5.41. The predicted molar refractivity (Wildman–Crippen MR) is 98.2 cm³/mol. The van der Waals surface area contributed by atoms with E-state index < -0.39 is 0 Å². The summed E-state index contributed by atoms with van der Waals surface area (Å²) < 4.78 is 1.84. The number of benzene rings is 1. The summed E-state index contributed by atoms with van der Waals surface area (Å²) in [6, 6.07) is 13.8. The first-order chi connectivity index (χ1) is 12.2. The van der Waals surface area contributed by atoms with Crippen molar-refractivity contribution < 1.29 is 4.79 Å². The summed E-state index contributed by atoms with van der Waals surface area (Å²) in [5.74, 6) is 0.0131. The van der Waals surface area contributed by atoms with Crippen molar-refractivity contribution >= 4 is 5.91 Å². The van der Waals surface area contributed by atoms with Gasteiger partial charge in [0.05, 0.1) is 17.8 Å². The molecule has 2 heterocycles. The summed E-state index contributed by atoms with van der Waals surface area (Å²) in [5, 5.41) is 4.20. The number of hydrogen-bond donors (Lipinski definition) is 0. The third-order valence-electron chi connectivity index (χ3n) is 4.27. The molecule has 25 heavy (non-hydrogen) atoms. The van der Waals surface area contributed by atoms with E-state index in [0.29, 0.717) is 25.2 Å². The van der Waals surface area contributed by atoms with Gasteiger partial charge in [-0.3, -0.25) is 14.5 Å². The lowest BCUT2D eigenvalue weighted by Crippen LogP contribution is -2.34. The van der Waals surface area contributed by atoms with E-state index in [9.17, 15) is 4.79 Å². The Morgan fingerprint density at radius 3 is 2.60 bits per heavy atom. The number of likely N-dealkylation sites (N-methyl/N-ethyl adjacent to an activating group) is 1. The first-order valence-electron chi connectivity index (χ1n) is 8.48. The lowest BCUT2D eigenvalue weighted by atomic mass is 9.98. The molecule has 0 atom stereocenters. The molecule has 0 aliphatic heterocycles. The molecule has 0 saturated carbocycles. The van der Waals surface area contributed by atoms with E-state index in [0.717, 1.165) is 16.8 Å². The molecule has 2 aromatic heterocycles. The Labute approximate surface area is 147 Å². The number of carbonyl (C=O) groups excluding carboxylic acids is 1. The maximum absolute atomic E-state index is 13.2. The van der Waals surface area contributed by atoms with Crippen LogP contribution in [0.25, 0.3) is 11.1 Å². The quantitative estimate of drug-likeness (QED) is 0.694. The maximum Gasteiger partial charge on any atom is 0.256 e. The second-order valence-corrected chi connectivity index (χ2v) is 5.84. The molecule has 0 aliphatic carbocycles. The Kier molecular flexibility index (Phi) is 5.23. The molecule has 0 N–H and O–H groups in total. The second kappa shape index (κ2) is 7.75. The molecule has 128 valence electrons. The van der Waals surface area contributed by atoms with Gasteiger partial charge in [0.15, 0.2) is 0 Å². The second-order valence-electron chi connectivity index (χ2n) is 5.84. The number of carbonyl (C=O) groups is 1. The molecule has 0 bridgehead atoms.